The smallest absolute Gasteiger partial charge is 0.136 e. The fourth-order valence-corrected chi connectivity index (χ4v) is 4.31. The van der Waals surface area contributed by atoms with Gasteiger partial charge >= 0.3 is 0 Å². The molecule has 0 amide bonds. The van der Waals surface area contributed by atoms with Gasteiger partial charge in [0.15, 0.2) is 0 Å². The molecule has 3 aromatic rings. The van der Waals surface area contributed by atoms with E-state index in [1.165, 1.54) is 11.6 Å². The summed E-state index contributed by atoms with van der Waals surface area (Å²) in [5.41, 5.74) is 1.29. The van der Waals surface area contributed by atoms with Gasteiger partial charge in [0, 0.05) is 33.1 Å². The van der Waals surface area contributed by atoms with Crippen LogP contribution in [0.25, 0.3) is 0 Å². The lowest BCUT2D eigenvalue weighted by atomic mass is 10.00. The van der Waals surface area contributed by atoms with Gasteiger partial charge in [-0.1, -0.05) is 40.2 Å². The van der Waals surface area contributed by atoms with Crippen molar-refractivity contribution in [2.24, 2.45) is 0 Å². The van der Waals surface area contributed by atoms with Crippen molar-refractivity contribution in [3.8, 4) is 0 Å². The van der Waals surface area contributed by atoms with E-state index in [0.717, 1.165) is 23.9 Å². The molecule has 0 saturated heterocycles. The molecule has 5 heteroatoms. The normalized spacial score (nSPS) is 13.6. The Morgan fingerprint density at radius 3 is 2.60 bits per heavy atom. The summed E-state index contributed by atoms with van der Waals surface area (Å²) in [4.78, 5) is 4.83. The zero-order valence-electron chi connectivity index (χ0n) is 14.0. The van der Waals surface area contributed by atoms with Crippen molar-refractivity contribution < 1.29 is 4.39 Å². The quantitative estimate of drug-likeness (QED) is 0.439. The second-order valence-corrected chi connectivity index (χ2v) is 8.89. The first-order valence-corrected chi connectivity index (χ1v) is 9.79. The maximum absolute atomic E-state index is 14.2. The molecule has 25 heavy (non-hydrogen) atoms. The molecule has 0 radical (unpaired) electrons. The van der Waals surface area contributed by atoms with Gasteiger partial charge in [0.2, 0.25) is 0 Å². The van der Waals surface area contributed by atoms with Crippen molar-refractivity contribution in [3.05, 3.63) is 83.1 Å². The van der Waals surface area contributed by atoms with Gasteiger partial charge in [-0.3, -0.25) is 0 Å². The number of hydrogen-bond donors (Lipinski definition) is 0. The topological polar surface area (TPSA) is 17.8 Å². The minimum absolute atomic E-state index is 0.143. The predicted molar refractivity (Wildman–Crippen MR) is 105 cm³/mol. The van der Waals surface area contributed by atoms with Crippen LogP contribution in [-0.2, 0) is 13.0 Å². The summed E-state index contributed by atoms with van der Waals surface area (Å²) in [7, 11) is 0. The van der Waals surface area contributed by atoms with Gasteiger partial charge in [-0.2, -0.15) is 0 Å². The zero-order chi connectivity index (χ0) is 17.7. The van der Waals surface area contributed by atoms with Crippen LogP contribution in [0.5, 0.6) is 0 Å². The van der Waals surface area contributed by atoms with E-state index < -0.39 is 0 Å². The highest BCUT2D eigenvalue weighted by atomic mass is 79.9. The van der Waals surface area contributed by atoms with E-state index in [4.69, 9.17) is 0 Å². The van der Waals surface area contributed by atoms with Gasteiger partial charge < -0.3 is 4.57 Å². The van der Waals surface area contributed by atoms with E-state index in [-0.39, 0.29) is 10.6 Å². The predicted octanol–water partition coefficient (Wildman–Crippen LogP) is 5.97. The molecule has 1 heterocycles. The Kier molecular flexibility index (Phi) is 5.97. The third-order valence-corrected chi connectivity index (χ3v) is 6.03. The zero-order valence-corrected chi connectivity index (χ0v) is 16.4. The molecule has 0 spiro atoms. The van der Waals surface area contributed by atoms with Gasteiger partial charge in [-0.15, -0.1) is 11.8 Å². The third kappa shape index (κ3) is 5.19. The Labute approximate surface area is 160 Å². The minimum Gasteiger partial charge on any atom is -0.336 e. The minimum atomic E-state index is -0.159. The fourth-order valence-electron chi connectivity index (χ4n) is 2.78. The fraction of sp³-hybridized carbons (Fsp3) is 0.250. The molecule has 0 N–H and O–H groups in total. The van der Waals surface area contributed by atoms with E-state index in [1.54, 1.807) is 24.0 Å². The molecule has 0 aliphatic carbocycles. The van der Waals surface area contributed by atoms with E-state index in [0.29, 0.717) is 4.90 Å². The Hall–Kier alpha value is -1.59. The molecule has 1 atom stereocenters. The van der Waals surface area contributed by atoms with Crippen molar-refractivity contribution >= 4 is 27.7 Å². The first kappa shape index (κ1) is 18.2. The SMILES string of the molecule is CC(CCc1ccc(Br)cc1)(Cn1ccnc1)Sc1ccccc1F. The number of halogens is 2. The summed E-state index contributed by atoms with van der Waals surface area (Å²) in [6.45, 7) is 2.98. The number of aryl methyl sites for hydroxylation is 1. The van der Waals surface area contributed by atoms with E-state index >= 15 is 0 Å². The first-order valence-electron chi connectivity index (χ1n) is 8.18. The maximum atomic E-state index is 14.2. The van der Waals surface area contributed by atoms with Crippen LogP contribution in [0.2, 0.25) is 0 Å². The molecule has 0 saturated carbocycles. The first-order chi connectivity index (χ1) is 12.0. The van der Waals surface area contributed by atoms with Crippen LogP contribution in [-0.4, -0.2) is 14.3 Å². The molecule has 0 bridgehead atoms. The lowest BCUT2D eigenvalue weighted by Gasteiger charge is -2.30. The van der Waals surface area contributed by atoms with Crippen molar-refractivity contribution in [3.63, 3.8) is 0 Å². The highest BCUT2D eigenvalue weighted by Gasteiger charge is 2.27. The van der Waals surface area contributed by atoms with E-state index in [1.807, 2.05) is 24.7 Å². The number of nitrogens with zero attached hydrogens (tertiary/aromatic N) is 2. The number of benzene rings is 2. The van der Waals surface area contributed by atoms with Crippen molar-refractivity contribution in [1.82, 2.24) is 9.55 Å². The summed E-state index contributed by atoms with van der Waals surface area (Å²) in [6.07, 6.45) is 7.44. The Morgan fingerprint density at radius 1 is 1.16 bits per heavy atom. The van der Waals surface area contributed by atoms with Crippen LogP contribution in [0.15, 0.2) is 76.6 Å². The van der Waals surface area contributed by atoms with Gasteiger partial charge in [0.25, 0.3) is 0 Å². The van der Waals surface area contributed by atoms with Crippen LogP contribution >= 0.6 is 27.7 Å². The monoisotopic (exact) mass is 418 g/mol. The lowest BCUT2D eigenvalue weighted by molar-refractivity contribution is 0.493. The summed E-state index contributed by atoms with van der Waals surface area (Å²) in [5, 5.41) is 0. The van der Waals surface area contributed by atoms with Crippen LogP contribution < -0.4 is 0 Å². The summed E-state index contributed by atoms with van der Waals surface area (Å²) < 4.78 is 17.2. The number of thioether (sulfide) groups is 1. The molecule has 1 aromatic heterocycles. The molecule has 2 aromatic carbocycles. The highest BCUT2D eigenvalue weighted by Crippen LogP contribution is 2.39. The van der Waals surface area contributed by atoms with Gasteiger partial charge in [0.05, 0.1) is 6.33 Å². The maximum Gasteiger partial charge on any atom is 0.136 e. The average Bonchev–Trinajstić information content (AvgIpc) is 3.09. The van der Waals surface area contributed by atoms with Crippen molar-refractivity contribution in [2.45, 2.75) is 36.0 Å². The highest BCUT2D eigenvalue weighted by molar-refractivity contribution is 9.10. The Morgan fingerprint density at radius 2 is 1.92 bits per heavy atom. The lowest BCUT2D eigenvalue weighted by Crippen LogP contribution is -2.27. The Bertz CT molecular complexity index is 805. The number of rotatable bonds is 7. The van der Waals surface area contributed by atoms with Gasteiger partial charge in [0.1, 0.15) is 5.82 Å². The van der Waals surface area contributed by atoms with Crippen LogP contribution in [0.4, 0.5) is 4.39 Å². The molecule has 0 aliphatic rings. The average molecular weight is 419 g/mol. The van der Waals surface area contributed by atoms with Gasteiger partial charge in [-0.25, -0.2) is 9.37 Å². The van der Waals surface area contributed by atoms with E-state index in [9.17, 15) is 4.39 Å². The number of imidazole rings is 1. The largest absolute Gasteiger partial charge is 0.336 e. The second kappa shape index (κ2) is 8.19. The second-order valence-electron chi connectivity index (χ2n) is 6.34. The molecule has 3 rings (SSSR count). The van der Waals surface area contributed by atoms with Crippen LogP contribution in [0, 0.1) is 5.82 Å². The molecule has 0 fully saturated rings. The van der Waals surface area contributed by atoms with Crippen LogP contribution in [0.1, 0.15) is 18.9 Å². The third-order valence-electron chi connectivity index (χ3n) is 4.13. The summed E-state index contributed by atoms with van der Waals surface area (Å²) >= 11 is 5.08. The molecule has 1 unspecified atom stereocenters. The number of hydrogen-bond acceptors (Lipinski definition) is 2. The van der Waals surface area contributed by atoms with Crippen molar-refractivity contribution in [2.75, 3.05) is 0 Å². The van der Waals surface area contributed by atoms with Crippen molar-refractivity contribution in [1.29, 1.82) is 0 Å². The number of aromatic nitrogens is 2. The molecule has 0 aliphatic heterocycles. The van der Waals surface area contributed by atoms with Gasteiger partial charge in [-0.05, 0) is 49.6 Å². The van der Waals surface area contributed by atoms with Crippen LogP contribution in [0.3, 0.4) is 0 Å². The standard InChI is InChI=1S/C20H20BrFN2S/c1-20(14-24-13-12-23-15-24,25-19-5-3-2-4-18(19)22)11-10-16-6-8-17(21)9-7-16/h2-9,12-13,15H,10-11,14H2,1H3. The summed E-state index contributed by atoms with van der Waals surface area (Å²) in [5.74, 6) is -0.159. The molecular weight excluding hydrogens is 399 g/mol. The molecule has 130 valence electrons. The van der Waals surface area contributed by atoms with E-state index in [2.05, 4.69) is 56.7 Å². The Balaban J connectivity index is 1.78. The molecule has 2 nitrogen and oxygen atoms in total. The summed E-state index contributed by atoms with van der Waals surface area (Å²) in [6, 6.07) is 15.4. The molecular formula is C20H20BrFN2S.